The highest BCUT2D eigenvalue weighted by Gasteiger charge is 2.34. The topological polar surface area (TPSA) is 46.2 Å². The molecule has 0 aromatic carbocycles. The summed E-state index contributed by atoms with van der Waals surface area (Å²) in [7, 11) is 0. The molecule has 2 atom stereocenters. The van der Waals surface area contributed by atoms with Crippen LogP contribution in [0.5, 0.6) is 0 Å². The Kier molecular flexibility index (Phi) is 5.28. The van der Waals surface area contributed by atoms with Crippen molar-refractivity contribution in [3.63, 3.8) is 0 Å². The van der Waals surface area contributed by atoms with Crippen LogP contribution in [0.2, 0.25) is 0 Å². The maximum atomic E-state index is 9.12. The summed E-state index contributed by atoms with van der Waals surface area (Å²) in [6.07, 6.45) is 7.15. The minimum absolute atomic E-state index is 0.152. The Balaban J connectivity index is 2.10. The van der Waals surface area contributed by atoms with E-state index in [-0.39, 0.29) is 12.1 Å². The van der Waals surface area contributed by atoms with E-state index in [1.54, 1.807) is 0 Å². The molecule has 3 N–H and O–H groups in total. The largest absolute Gasteiger partial charge is 0.394 e. The van der Waals surface area contributed by atoms with Gasteiger partial charge in [0.2, 0.25) is 0 Å². The Labute approximate surface area is 91.6 Å². The summed E-state index contributed by atoms with van der Waals surface area (Å²) in [6, 6.07) is 0. The van der Waals surface area contributed by atoms with E-state index in [4.69, 9.17) is 10.8 Å². The van der Waals surface area contributed by atoms with E-state index in [9.17, 15) is 0 Å². The number of nitrogens with two attached hydrogens (primary N) is 1. The summed E-state index contributed by atoms with van der Waals surface area (Å²) in [4.78, 5) is 0. The molecule has 1 fully saturated rings. The summed E-state index contributed by atoms with van der Waals surface area (Å²) in [5.41, 5.74) is 5.75. The Morgan fingerprint density at radius 3 is 2.86 bits per heavy atom. The van der Waals surface area contributed by atoms with E-state index in [1.165, 1.54) is 31.4 Å². The summed E-state index contributed by atoms with van der Waals surface area (Å²) in [6.45, 7) is 2.38. The average molecular weight is 217 g/mol. The molecule has 0 aliphatic heterocycles. The molecule has 1 saturated carbocycles. The Hall–Kier alpha value is 0.270. The third-order valence-electron chi connectivity index (χ3n) is 3.01. The lowest BCUT2D eigenvalue weighted by Crippen LogP contribution is -2.41. The number of aliphatic hydroxyl groups excluding tert-OH is 1. The van der Waals surface area contributed by atoms with Gasteiger partial charge in [0.1, 0.15) is 0 Å². The number of hydrogen-bond acceptors (Lipinski definition) is 3. The van der Waals surface area contributed by atoms with Crippen molar-refractivity contribution in [1.29, 1.82) is 0 Å². The second-order valence-electron chi connectivity index (χ2n) is 4.46. The molecule has 0 radical (unpaired) electrons. The van der Waals surface area contributed by atoms with Gasteiger partial charge in [-0.05, 0) is 31.4 Å². The molecule has 0 amide bonds. The average Bonchev–Trinajstić information content (AvgIpc) is 2.56. The molecule has 2 unspecified atom stereocenters. The predicted molar refractivity (Wildman–Crippen MR) is 63.6 cm³/mol. The SMILES string of the molecule is CCCCCSC1CCC(N)(CO)C1. The van der Waals surface area contributed by atoms with Crippen LogP contribution in [-0.4, -0.2) is 28.3 Å². The summed E-state index contributed by atoms with van der Waals surface area (Å²) < 4.78 is 0. The molecule has 2 nitrogen and oxygen atoms in total. The number of hydrogen-bond donors (Lipinski definition) is 2. The van der Waals surface area contributed by atoms with Crippen LogP contribution in [0.25, 0.3) is 0 Å². The Morgan fingerprint density at radius 1 is 1.50 bits per heavy atom. The van der Waals surface area contributed by atoms with Crippen LogP contribution in [0.15, 0.2) is 0 Å². The van der Waals surface area contributed by atoms with Gasteiger partial charge in [0, 0.05) is 10.8 Å². The van der Waals surface area contributed by atoms with Crippen molar-refractivity contribution in [3.05, 3.63) is 0 Å². The van der Waals surface area contributed by atoms with Crippen LogP contribution in [0.4, 0.5) is 0 Å². The fourth-order valence-corrected chi connectivity index (χ4v) is 3.43. The van der Waals surface area contributed by atoms with Crippen molar-refractivity contribution in [2.75, 3.05) is 12.4 Å². The molecule has 0 heterocycles. The molecule has 0 spiro atoms. The first-order valence-corrected chi connectivity index (χ1v) is 6.76. The molecule has 0 aromatic rings. The fraction of sp³-hybridized carbons (Fsp3) is 1.00. The molecule has 1 aliphatic rings. The lowest BCUT2D eigenvalue weighted by Gasteiger charge is -2.20. The summed E-state index contributed by atoms with van der Waals surface area (Å²) >= 11 is 2.05. The summed E-state index contributed by atoms with van der Waals surface area (Å²) in [5.74, 6) is 1.26. The first kappa shape index (κ1) is 12.3. The van der Waals surface area contributed by atoms with Gasteiger partial charge >= 0.3 is 0 Å². The van der Waals surface area contributed by atoms with Crippen molar-refractivity contribution < 1.29 is 5.11 Å². The monoisotopic (exact) mass is 217 g/mol. The number of rotatable bonds is 6. The van der Waals surface area contributed by atoms with Crippen molar-refractivity contribution in [1.82, 2.24) is 0 Å². The van der Waals surface area contributed by atoms with Crippen molar-refractivity contribution in [3.8, 4) is 0 Å². The van der Waals surface area contributed by atoms with E-state index in [0.29, 0.717) is 5.25 Å². The second-order valence-corrected chi connectivity index (χ2v) is 5.87. The van der Waals surface area contributed by atoms with Crippen molar-refractivity contribution in [2.24, 2.45) is 5.73 Å². The van der Waals surface area contributed by atoms with Crippen LogP contribution in [0.1, 0.15) is 45.4 Å². The zero-order valence-electron chi connectivity index (χ0n) is 9.17. The number of unbranched alkanes of at least 4 members (excludes halogenated alkanes) is 2. The Bertz CT molecular complexity index is 165. The number of aliphatic hydroxyl groups is 1. The molecule has 3 heteroatoms. The lowest BCUT2D eigenvalue weighted by molar-refractivity contribution is 0.200. The first-order valence-electron chi connectivity index (χ1n) is 5.71. The second kappa shape index (κ2) is 5.99. The van der Waals surface area contributed by atoms with Crippen LogP contribution in [-0.2, 0) is 0 Å². The highest BCUT2D eigenvalue weighted by molar-refractivity contribution is 7.99. The van der Waals surface area contributed by atoms with Gasteiger partial charge in [0.25, 0.3) is 0 Å². The zero-order valence-corrected chi connectivity index (χ0v) is 9.98. The van der Waals surface area contributed by atoms with Gasteiger partial charge in [0.15, 0.2) is 0 Å². The third-order valence-corrected chi connectivity index (χ3v) is 4.41. The lowest BCUT2D eigenvalue weighted by atomic mass is 10.0. The van der Waals surface area contributed by atoms with Crippen molar-refractivity contribution in [2.45, 2.75) is 56.2 Å². The van der Waals surface area contributed by atoms with Gasteiger partial charge in [-0.1, -0.05) is 19.8 Å². The van der Waals surface area contributed by atoms with E-state index in [2.05, 4.69) is 18.7 Å². The van der Waals surface area contributed by atoms with E-state index < -0.39 is 0 Å². The molecule has 0 saturated heterocycles. The summed E-state index contributed by atoms with van der Waals surface area (Å²) in [5, 5.41) is 9.82. The van der Waals surface area contributed by atoms with Gasteiger partial charge < -0.3 is 10.8 Å². The van der Waals surface area contributed by atoms with Gasteiger partial charge in [-0.15, -0.1) is 0 Å². The van der Waals surface area contributed by atoms with Crippen LogP contribution in [0, 0.1) is 0 Å². The van der Waals surface area contributed by atoms with Crippen LogP contribution >= 0.6 is 11.8 Å². The highest BCUT2D eigenvalue weighted by Crippen LogP contribution is 2.35. The van der Waals surface area contributed by atoms with Gasteiger partial charge in [0.05, 0.1) is 6.61 Å². The third kappa shape index (κ3) is 3.79. The molecule has 1 rings (SSSR count). The minimum Gasteiger partial charge on any atom is -0.394 e. The quantitative estimate of drug-likeness (QED) is 0.670. The van der Waals surface area contributed by atoms with E-state index >= 15 is 0 Å². The van der Waals surface area contributed by atoms with Gasteiger partial charge in [-0.2, -0.15) is 11.8 Å². The zero-order chi connectivity index (χ0) is 10.4. The molecule has 14 heavy (non-hydrogen) atoms. The van der Waals surface area contributed by atoms with Gasteiger partial charge in [-0.3, -0.25) is 0 Å². The Morgan fingerprint density at radius 2 is 2.29 bits per heavy atom. The molecule has 1 aliphatic carbocycles. The molecule has 0 bridgehead atoms. The smallest absolute Gasteiger partial charge is 0.0611 e. The van der Waals surface area contributed by atoms with Crippen LogP contribution in [0.3, 0.4) is 0 Å². The molecule has 84 valence electrons. The van der Waals surface area contributed by atoms with Crippen molar-refractivity contribution >= 4 is 11.8 Å². The van der Waals surface area contributed by atoms with E-state index in [0.717, 1.165) is 12.8 Å². The maximum absolute atomic E-state index is 9.12. The molecular weight excluding hydrogens is 194 g/mol. The first-order chi connectivity index (χ1) is 6.70. The normalized spacial score (nSPS) is 32.4. The molecule has 0 aromatic heterocycles. The van der Waals surface area contributed by atoms with Crippen LogP contribution < -0.4 is 5.73 Å². The standard InChI is InChI=1S/C11H23NOS/c1-2-3-4-7-14-10-5-6-11(12,8-10)9-13/h10,13H,2-9,12H2,1H3. The number of thioether (sulfide) groups is 1. The fourth-order valence-electron chi connectivity index (χ4n) is 1.99. The molecular formula is C11H23NOS. The maximum Gasteiger partial charge on any atom is 0.0611 e. The minimum atomic E-state index is -0.261. The highest BCUT2D eigenvalue weighted by atomic mass is 32.2. The van der Waals surface area contributed by atoms with E-state index in [1.807, 2.05) is 0 Å². The predicted octanol–water partition coefficient (Wildman–Crippen LogP) is 2.15. The van der Waals surface area contributed by atoms with Gasteiger partial charge in [-0.25, -0.2) is 0 Å².